The summed E-state index contributed by atoms with van der Waals surface area (Å²) >= 11 is 12.2. The molecule has 0 spiro atoms. The molecule has 4 nitrogen and oxygen atoms in total. The van der Waals surface area contributed by atoms with Gasteiger partial charge in [0.15, 0.2) is 10.2 Å². The molecule has 0 saturated carbocycles. The van der Waals surface area contributed by atoms with E-state index in [1.54, 1.807) is 24.3 Å². The van der Waals surface area contributed by atoms with Gasteiger partial charge in [-0.15, -0.1) is 11.3 Å². The van der Waals surface area contributed by atoms with Crippen LogP contribution in [0.25, 0.3) is 0 Å². The number of aromatic nitrogens is 1. The van der Waals surface area contributed by atoms with E-state index in [1.807, 2.05) is 12.3 Å². The Morgan fingerprint density at radius 2 is 2.05 bits per heavy atom. The van der Waals surface area contributed by atoms with Crippen LogP contribution in [0.3, 0.4) is 0 Å². The summed E-state index contributed by atoms with van der Waals surface area (Å²) in [7, 11) is 0. The number of benzene rings is 1. The van der Waals surface area contributed by atoms with E-state index in [2.05, 4.69) is 15.6 Å². The number of thiocarbonyl (C=S) groups is 1. The average Bonchev–Trinajstić information content (AvgIpc) is 2.75. The van der Waals surface area contributed by atoms with Gasteiger partial charge < -0.3 is 5.32 Å². The highest BCUT2D eigenvalue weighted by molar-refractivity contribution is 7.80. The molecule has 0 saturated heterocycles. The maximum absolute atomic E-state index is 11.9. The highest BCUT2D eigenvalue weighted by Crippen LogP contribution is 2.14. The minimum atomic E-state index is -0.289. The largest absolute Gasteiger partial charge is 0.308 e. The topological polar surface area (TPSA) is 54.0 Å². The fourth-order valence-corrected chi connectivity index (χ4v) is 2.39. The summed E-state index contributed by atoms with van der Waals surface area (Å²) in [4.78, 5) is 16.1. The number of anilines is 1. The lowest BCUT2D eigenvalue weighted by atomic mass is 10.2. The van der Waals surface area contributed by atoms with Gasteiger partial charge in [-0.05, 0) is 43.4 Å². The first-order chi connectivity index (χ1) is 9.04. The molecule has 1 aromatic carbocycles. The Bertz CT molecular complexity index is 610. The van der Waals surface area contributed by atoms with Gasteiger partial charge in [0.25, 0.3) is 5.91 Å². The van der Waals surface area contributed by atoms with Gasteiger partial charge in [-0.25, -0.2) is 4.98 Å². The fraction of sp³-hybridized carbons (Fsp3) is 0.0833. The number of nitrogens with zero attached hydrogens (tertiary/aromatic N) is 1. The third kappa shape index (κ3) is 3.99. The highest BCUT2D eigenvalue weighted by atomic mass is 35.5. The van der Waals surface area contributed by atoms with Crippen molar-refractivity contribution in [2.24, 2.45) is 0 Å². The summed E-state index contributed by atoms with van der Waals surface area (Å²) < 4.78 is 0. The number of amides is 1. The quantitative estimate of drug-likeness (QED) is 0.836. The van der Waals surface area contributed by atoms with Crippen molar-refractivity contribution >= 4 is 51.3 Å². The second-order valence-electron chi connectivity index (χ2n) is 3.71. The van der Waals surface area contributed by atoms with E-state index >= 15 is 0 Å². The Balaban J connectivity index is 1.95. The third-order valence-corrected chi connectivity index (χ3v) is 3.50. The molecule has 1 aromatic heterocycles. The van der Waals surface area contributed by atoms with Crippen molar-refractivity contribution in [1.82, 2.24) is 10.3 Å². The van der Waals surface area contributed by atoms with Gasteiger partial charge in [-0.3, -0.25) is 10.1 Å². The molecule has 1 amide bonds. The zero-order valence-electron chi connectivity index (χ0n) is 9.94. The minimum Gasteiger partial charge on any atom is -0.308 e. The number of carbonyl (C=O) groups excluding carboxylic acids is 1. The molecule has 0 unspecified atom stereocenters. The van der Waals surface area contributed by atoms with E-state index in [1.165, 1.54) is 11.3 Å². The predicted octanol–water partition coefficient (Wildman–Crippen LogP) is 3.23. The van der Waals surface area contributed by atoms with E-state index in [0.717, 1.165) is 5.69 Å². The number of carbonyl (C=O) groups is 1. The molecule has 7 heteroatoms. The van der Waals surface area contributed by atoms with Crippen molar-refractivity contribution < 1.29 is 4.79 Å². The maximum atomic E-state index is 11.9. The zero-order valence-corrected chi connectivity index (χ0v) is 12.3. The Kier molecular flexibility index (Phi) is 4.47. The number of rotatable bonds is 2. The van der Waals surface area contributed by atoms with E-state index in [4.69, 9.17) is 23.8 Å². The van der Waals surface area contributed by atoms with Gasteiger partial charge >= 0.3 is 0 Å². The standard InChI is InChI=1S/C12H10ClN3OS2/c1-7-6-19-12(14-7)16-11(18)15-10(17)8-2-4-9(13)5-3-8/h2-6H,1H3,(H2,14,15,16,17,18). The first-order valence-corrected chi connectivity index (χ1v) is 7.01. The Labute approximate surface area is 124 Å². The van der Waals surface area contributed by atoms with E-state index in [-0.39, 0.29) is 11.0 Å². The first kappa shape index (κ1) is 13.9. The molecule has 0 atom stereocenters. The van der Waals surface area contributed by atoms with Crippen molar-refractivity contribution in [1.29, 1.82) is 0 Å². The van der Waals surface area contributed by atoms with E-state index < -0.39 is 0 Å². The smallest absolute Gasteiger partial charge is 0.257 e. The van der Waals surface area contributed by atoms with Crippen LogP contribution in [-0.2, 0) is 0 Å². The molecule has 2 aromatic rings. The predicted molar refractivity (Wildman–Crippen MR) is 82.0 cm³/mol. The Morgan fingerprint density at radius 1 is 1.37 bits per heavy atom. The van der Waals surface area contributed by atoms with Gasteiger partial charge in [0.1, 0.15) is 0 Å². The lowest BCUT2D eigenvalue weighted by Crippen LogP contribution is -2.34. The maximum Gasteiger partial charge on any atom is 0.257 e. The first-order valence-electron chi connectivity index (χ1n) is 5.34. The second-order valence-corrected chi connectivity index (χ2v) is 5.41. The number of hydrogen-bond acceptors (Lipinski definition) is 4. The average molecular weight is 312 g/mol. The molecule has 0 aliphatic heterocycles. The van der Waals surface area contributed by atoms with E-state index in [9.17, 15) is 4.79 Å². The van der Waals surface area contributed by atoms with Crippen LogP contribution in [0.4, 0.5) is 5.13 Å². The van der Waals surface area contributed by atoms with Gasteiger partial charge in [0, 0.05) is 16.0 Å². The summed E-state index contributed by atoms with van der Waals surface area (Å²) in [6.07, 6.45) is 0. The molecular formula is C12H10ClN3OS2. The monoisotopic (exact) mass is 311 g/mol. The molecule has 0 aliphatic carbocycles. The molecule has 0 aliphatic rings. The summed E-state index contributed by atoms with van der Waals surface area (Å²) in [6, 6.07) is 6.57. The fourth-order valence-electron chi connectivity index (χ4n) is 1.32. The van der Waals surface area contributed by atoms with Crippen molar-refractivity contribution in [3.63, 3.8) is 0 Å². The number of hydrogen-bond donors (Lipinski definition) is 2. The van der Waals surface area contributed by atoms with Crippen LogP contribution in [0, 0.1) is 6.92 Å². The van der Waals surface area contributed by atoms with Crippen LogP contribution >= 0.6 is 35.2 Å². The molecule has 2 rings (SSSR count). The van der Waals surface area contributed by atoms with Crippen molar-refractivity contribution in [3.8, 4) is 0 Å². The van der Waals surface area contributed by atoms with Crippen molar-refractivity contribution in [3.05, 3.63) is 45.9 Å². The summed E-state index contributed by atoms with van der Waals surface area (Å²) in [5, 5.41) is 8.78. The Morgan fingerprint density at radius 3 is 2.63 bits per heavy atom. The lowest BCUT2D eigenvalue weighted by Gasteiger charge is -2.07. The number of halogens is 1. The zero-order chi connectivity index (χ0) is 13.8. The van der Waals surface area contributed by atoms with Crippen LogP contribution in [0.1, 0.15) is 16.1 Å². The number of thiazole rings is 1. The third-order valence-electron chi connectivity index (χ3n) is 2.17. The molecule has 19 heavy (non-hydrogen) atoms. The molecular weight excluding hydrogens is 302 g/mol. The van der Waals surface area contributed by atoms with Crippen LogP contribution in [0.15, 0.2) is 29.6 Å². The molecule has 0 bridgehead atoms. The Hall–Kier alpha value is -1.50. The van der Waals surface area contributed by atoms with Gasteiger partial charge in [0.05, 0.1) is 5.69 Å². The summed E-state index contributed by atoms with van der Waals surface area (Å²) in [5.41, 5.74) is 1.39. The normalized spacial score (nSPS) is 10.0. The van der Waals surface area contributed by atoms with Gasteiger partial charge in [0.2, 0.25) is 0 Å². The summed E-state index contributed by atoms with van der Waals surface area (Å²) in [5.74, 6) is -0.289. The van der Waals surface area contributed by atoms with Crippen LogP contribution < -0.4 is 10.6 Å². The van der Waals surface area contributed by atoms with Crippen LogP contribution in [0.5, 0.6) is 0 Å². The highest BCUT2D eigenvalue weighted by Gasteiger charge is 2.08. The summed E-state index contributed by atoms with van der Waals surface area (Å²) in [6.45, 7) is 1.89. The molecule has 2 N–H and O–H groups in total. The second kappa shape index (κ2) is 6.10. The SMILES string of the molecule is Cc1csc(NC(=S)NC(=O)c2ccc(Cl)cc2)n1. The number of nitrogens with one attached hydrogen (secondary N) is 2. The molecule has 0 radical (unpaired) electrons. The minimum absolute atomic E-state index is 0.217. The molecule has 0 fully saturated rings. The molecule has 1 heterocycles. The lowest BCUT2D eigenvalue weighted by molar-refractivity contribution is 0.0978. The van der Waals surface area contributed by atoms with Crippen LogP contribution in [0.2, 0.25) is 5.02 Å². The van der Waals surface area contributed by atoms with Gasteiger partial charge in [-0.1, -0.05) is 11.6 Å². The molecule has 98 valence electrons. The number of aryl methyl sites for hydroxylation is 1. The van der Waals surface area contributed by atoms with E-state index in [0.29, 0.717) is 15.7 Å². The van der Waals surface area contributed by atoms with Crippen molar-refractivity contribution in [2.75, 3.05) is 5.32 Å². The van der Waals surface area contributed by atoms with Crippen molar-refractivity contribution in [2.45, 2.75) is 6.92 Å². The van der Waals surface area contributed by atoms with Gasteiger partial charge in [-0.2, -0.15) is 0 Å². The van der Waals surface area contributed by atoms with Crippen LogP contribution in [-0.4, -0.2) is 16.0 Å².